The molecule has 0 heterocycles. The van der Waals surface area contributed by atoms with Gasteiger partial charge in [0, 0.05) is 22.0 Å². The summed E-state index contributed by atoms with van der Waals surface area (Å²) < 4.78 is 10.2. The number of carbonyl (C=O) groups excluding carboxylic acids is 1. The van der Waals surface area contributed by atoms with Crippen molar-refractivity contribution < 1.29 is 14.5 Å². The van der Waals surface area contributed by atoms with Gasteiger partial charge in [0.05, 0.1) is 24.1 Å². The van der Waals surface area contributed by atoms with Crippen LogP contribution in [0, 0.1) is 10.1 Å². The van der Waals surface area contributed by atoms with E-state index in [1.165, 1.54) is 18.2 Å². The van der Waals surface area contributed by atoms with Crippen molar-refractivity contribution in [3.63, 3.8) is 0 Å². The lowest BCUT2D eigenvalue weighted by Gasteiger charge is -2.26. The number of benzene rings is 4. The van der Waals surface area contributed by atoms with Crippen LogP contribution in [-0.4, -0.2) is 17.5 Å². The summed E-state index contributed by atoms with van der Waals surface area (Å²) in [6.45, 7) is 1.87. The van der Waals surface area contributed by atoms with E-state index in [0.717, 1.165) is 15.9 Å². The monoisotopic (exact) mass is 470 g/mol. The lowest BCUT2D eigenvalue weighted by Crippen LogP contribution is -2.25. The Morgan fingerprint density at radius 2 is 1.29 bits per heavy atom. The van der Waals surface area contributed by atoms with Crippen LogP contribution >= 0.6 is 7.05 Å². The Morgan fingerprint density at radius 3 is 1.71 bits per heavy atom. The highest BCUT2D eigenvalue weighted by atomic mass is 31.2. The minimum atomic E-state index is -2.69. The Kier molecular flexibility index (Phi) is 7.00. The van der Waals surface area contributed by atoms with Crippen LogP contribution in [0.4, 0.5) is 11.4 Å². The highest BCUT2D eigenvalue weighted by Gasteiger charge is 2.29. The van der Waals surface area contributed by atoms with Crippen LogP contribution in [0.15, 0.2) is 114 Å². The molecular weight excluding hydrogens is 447 g/mol. The van der Waals surface area contributed by atoms with E-state index < -0.39 is 17.9 Å². The van der Waals surface area contributed by atoms with Crippen molar-refractivity contribution in [2.45, 2.75) is 6.92 Å². The highest BCUT2D eigenvalue weighted by Crippen LogP contribution is 2.50. The Balaban J connectivity index is 2.09. The maximum atomic E-state index is 12.2. The van der Waals surface area contributed by atoms with Crippen LogP contribution in [0.3, 0.4) is 0 Å². The highest BCUT2D eigenvalue weighted by molar-refractivity contribution is 7.87. The largest absolute Gasteiger partial charge is 0.462 e. The first-order valence-electron chi connectivity index (χ1n) is 10.8. The second-order valence-corrected chi connectivity index (χ2v) is 10.4. The zero-order chi connectivity index (χ0) is 24.0. The number of carbonyl (C=O) groups is 1. The Hall–Kier alpha value is -4.02. The van der Waals surface area contributed by atoms with Crippen molar-refractivity contribution in [3.8, 4) is 0 Å². The van der Waals surface area contributed by atoms with E-state index in [0.29, 0.717) is 0 Å². The standard InChI is InChI=1S/C27H23N2O4P/c1-2-33-27(30)21-18-19-25(26(20-21)29(31)32)28-34(22-12-6-3-7-13-22,23-14-8-4-9-15-23)24-16-10-5-11-17-24/h3-20H,2H2,1H3. The molecule has 0 amide bonds. The number of nitrogens with zero attached hydrogens (tertiary/aromatic N) is 2. The molecule has 0 aromatic heterocycles. The van der Waals surface area contributed by atoms with Crippen LogP contribution in [0.2, 0.25) is 0 Å². The number of nitro groups is 1. The van der Waals surface area contributed by atoms with Crippen LogP contribution < -0.4 is 15.9 Å². The molecule has 4 aromatic rings. The predicted octanol–water partition coefficient (Wildman–Crippen LogP) is 5.58. The second kappa shape index (κ2) is 10.3. The van der Waals surface area contributed by atoms with Gasteiger partial charge < -0.3 is 4.74 Å². The quantitative estimate of drug-likeness (QED) is 0.153. The third-order valence-electron chi connectivity index (χ3n) is 5.33. The molecule has 6 nitrogen and oxygen atoms in total. The smallest absolute Gasteiger partial charge is 0.338 e. The molecule has 0 aliphatic heterocycles. The molecule has 0 saturated carbocycles. The molecular formula is C27H23N2O4P. The molecule has 170 valence electrons. The molecule has 0 unspecified atom stereocenters. The number of hydrogen-bond acceptors (Lipinski definition) is 5. The van der Waals surface area contributed by atoms with Gasteiger partial charge in [-0.3, -0.25) is 10.1 Å². The number of esters is 1. The van der Waals surface area contributed by atoms with E-state index in [2.05, 4.69) is 0 Å². The Labute approximate surface area is 198 Å². The van der Waals surface area contributed by atoms with Gasteiger partial charge in [-0.2, -0.15) is 0 Å². The summed E-state index contributed by atoms with van der Waals surface area (Å²) in [6.07, 6.45) is 0. The molecule has 0 aliphatic rings. The molecule has 0 spiro atoms. The Morgan fingerprint density at radius 1 is 0.824 bits per heavy atom. The molecule has 7 heteroatoms. The molecule has 0 aliphatic carbocycles. The van der Waals surface area contributed by atoms with E-state index >= 15 is 0 Å². The third-order valence-corrected chi connectivity index (χ3v) is 8.98. The van der Waals surface area contributed by atoms with Gasteiger partial charge in [-0.25, -0.2) is 9.54 Å². The van der Waals surface area contributed by atoms with Gasteiger partial charge >= 0.3 is 5.97 Å². The van der Waals surface area contributed by atoms with Gasteiger partial charge in [-0.1, -0.05) is 91.0 Å². The second-order valence-electron chi connectivity index (χ2n) is 7.42. The minimum absolute atomic E-state index is 0.121. The third kappa shape index (κ3) is 4.54. The topological polar surface area (TPSA) is 81.8 Å². The number of ether oxygens (including phenoxy) is 1. The number of hydrogen-bond donors (Lipinski definition) is 0. The van der Waals surface area contributed by atoms with E-state index in [9.17, 15) is 14.9 Å². The van der Waals surface area contributed by atoms with Crippen LogP contribution in [0.25, 0.3) is 0 Å². The summed E-state index contributed by atoms with van der Waals surface area (Å²) in [7, 11) is -2.69. The fourth-order valence-corrected chi connectivity index (χ4v) is 7.35. The first kappa shape index (κ1) is 23.1. The van der Waals surface area contributed by atoms with Gasteiger partial charge in [0.25, 0.3) is 5.69 Å². The lowest BCUT2D eigenvalue weighted by molar-refractivity contribution is -0.384. The molecule has 0 bridgehead atoms. The fraction of sp³-hybridized carbons (Fsp3) is 0.0741. The van der Waals surface area contributed by atoms with E-state index in [-0.39, 0.29) is 23.5 Å². The summed E-state index contributed by atoms with van der Waals surface area (Å²) >= 11 is 0. The average Bonchev–Trinajstić information content (AvgIpc) is 2.89. The minimum Gasteiger partial charge on any atom is -0.462 e. The lowest BCUT2D eigenvalue weighted by atomic mass is 10.2. The van der Waals surface area contributed by atoms with Crippen LogP contribution in [-0.2, 0) is 4.74 Å². The van der Waals surface area contributed by atoms with Crippen molar-refractivity contribution in [2.24, 2.45) is 4.74 Å². The van der Waals surface area contributed by atoms with E-state index in [1.54, 1.807) is 6.92 Å². The van der Waals surface area contributed by atoms with Crippen molar-refractivity contribution >= 4 is 40.3 Å². The molecule has 0 radical (unpaired) electrons. The summed E-state index contributed by atoms with van der Waals surface area (Å²) in [5, 5.41) is 15.0. The van der Waals surface area contributed by atoms with E-state index in [1.807, 2.05) is 91.0 Å². The predicted molar refractivity (Wildman–Crippen MR) is 136 cm³/mol. The van der Waals surface area contributed by atoms with Gasteiger partial charge in [0.2, 0.25) is 0 Å². The Bertz CT molecular complexity index is 1250. The van der Waals surface area contributed by atoms with Crippen molar-refractivity contribution in [1.29, 1.82) is 0 Å². The molecule has 0 N–H and O–H groups in total. The van der Waals surface area contributed by atoms with Crippen LogP contribution in [0.5, 0.6) is 0 Å². The van der Waals surface area contributed by atoms with Gasteiger partial charge in [0.15, 0.2) is 0 Å². The molecule has 4 rings (SSSR count). The maximum absolute atomic E-state index is 12.2. The number of nitro benzene ring substituents is 1. The molecule has 0 saturated heterocycles. The van der Waals surface area contributed by atoms with Crippen molar-refractivity contribution in [1.82, 2.24) is 0 Å². The summed E-state index contributed by atoms with van der Waals surface area (Å²) in [4.78, 5) is 23.8. The molecule has 0 fully saturated rings. The summed E-state index contributed by atoms with van der Waals surface area (Å²) in [5.74, 6) is -0.604. The van der Waals surface area contributed by atoms with Crippen LogP contribution in [0.1, 0.15) is 17.3 Å². The number of rotatable bonds is 7. The van der Waals surface area contributed by atoms with Gasteiger partial charge in [-0.05, 0) is 19.1 Å². The molecule has 4 aromatic carbocycles. The maximum Gasteiger partial charge on any atom is 0.338 e. The van der Waals surface area contributed by atoms with Gasteiger partial charge in [0.1, 0.15) is 5.69 Å². The first-order chi connectivity index (χ1) is 16.6. The summed E-state index contributed by atoms with van der Waals surface area (Å²) in [5.41, 5.74) is 0.0937. The SMILES string of the molecule is CCOC(=O)c1ccc(N=P(c2ccccc2)(c2ccccc2)c2ccccc2)c([N+](=O)[O-])c1. The average molecular weight is 470 g/mol. The normalized spacial score (nSPS) is 11.0. The zero-order valence-corrected chi connectivity index (χ0v) is 19.5. The van der Waals surface area contributed by atoms with Gasteiger partial charge in [-0.15, -0.1) is 0 Å². The molecule has 0 atom stereocenters. The zero-order valence-electron chi connectivity index (χ0n) is 18.6. The van der Waals surface area contributed by atoms with Crippen molar-refractivity contribution in [2.75, 3.05) is 6.61 Å². The fourth-order valence-electron chi connectivity index (χ4n) is 3.81. The first-order valence-corrected chi connectivity index (χ1v) is 12.5. The summed E-state index contributed by atoms with van der Waals surface area (Å²) in [6, 6.07) is 33.9. The molecule has 34 heavy (non-hydrogen) atoms. The van der Waals surface area contributed by atoms with E-state index in [4.69, 9.17) is 9.48 Å². The van der Waals surface area contributed by atoms with Crippen molar-refractivity contribution in [3.05, 3.63) is 125 Å².